The molecule has 0 amide bonds. The number of nitrogens with zero attached hydrogens (tertiary/aromatic N) is 2. The molecule has 20 heavy (non-hydrogen) atoms. The first-order valence-electron chi connectivity index (χ1n) is 6.09. The minimum absolute atomic E-state index is 0.469. The fourth-order valence-corrected chi connectivity index (χ4v) is 2.22. The Morgan fingerprint density at radius 2 is 2.00 bits per heavy atom. The van der Waals surface area contributed by atoms with E-state index in [1.54, 1.807) is 6.07 Å². The molecule has 2 N–H and O–H groups in total. The van der Waals surface area contributed by atoms with Crippen LogP contribution in [0.5, 0.6) is 0 Å². The molecule has 4 nitrogen and oxygen atoms in total. The van der Waals surface area contributed by atoms with Gasteiger partial charge in [0.2, 0.25) is 5.82 Å². The Bertz CT molecular complexity index is 767. The number of halogens is 1. The molecule has 0 fully saturated rings. The van der Waals surface area contributed by atoms with Crippen molar-refractivity contribution in [3.8, 4) is 22.8 Å². The first-order chi connectivity index (χ1) is 9.63. The van der Waals surface area contributed by atoms with Gasteiger partial charge in [0.05, 0.1) is 0 Å². The molecule has 0 aliphatic carbocycles. The van der Waals surface area contributed by atoms with Crippen molar-refractivity contribution < 1.29 is 4.52 Å². The van der Waals surface area contributed by atoms with E-state index in [9.17, 15) is 0 Å². The molecule has 0 aliphatic rings. The number of hydrogen-bond donors (Lipinski definition) is 1. The molecular weight excluding hydrogens is 274 g/mol. The van der Waals surface area contributed by atoms with Gasteiger partial charge in [0.15, 0.2) is 0 Å². The lowest BCUT2D eigenvalue weighted by Gasteiger charge is -2.00. The molecule has 0 radical (unpaired) electrons. The van der Waals surface area contributed by atoms with Crippen LogP contribution in [-0.2, 0) is 0 Å². The van der Waals surface area contributed by atoms with Crippen LogP contribution in [0.4, 0.5) is 5.69 Å². The summed E-state index contributed by atoms with van der Waals surface area (Å²) in [7, 11) is 0. The summed E-state index contributed by atoms with van der Waals surface area (Å²) in [5, 5.41) is 4.68. The number of hydrogen-bond acceptors (Lipinski definition) is 4. The van der Waals surface area contributed by atoms with Crippen LogP contribution in [-0.4, -0.2) is 10.1 Å². The van der Waals surface area contributed by atoms with E-state index in [1.165, 1.54) is 0 Å². The van der Waals surface area contributed by atoms with Crippen molar-refractivity contribution in [2.75, 3.05) is 5.73 Å². The molecule has 100 valence electrons. The second-order valence-electron chi connectivity index (χ2n) is 4.51. The van der Waals surface area contributed by atoms with Crippen LogP contribution >= 0.6 is 11.6 Å². The summed E-state index contributed by atoms with van der Waals surface area (Å²) in [5.74, 6) is 0.984. The van der Waals surface area contributed by atoms with Gasteiger partial charge in [0.25, 0.3) is 5.89 Å². The van der Waals surface area contributed by atoms with Gasteiger partial charge in [-0.05, 0) is 42.8 Å². The smallest absolute Gasteiger partial charge is 0.258 e. The zero-order valence-corrected chi connectivity index (χ0v) is 11.6. The van der Waals surface area contributed by atoms with E-state index >= 15 is 0 Å². The lowest BCUT2D eigenvalue weighted by atomic mass is 10.1. The Balaban J connectivity index is 2.02. The first kappa shape index (κ1) is 12.7. The SMILES string of the molecule is Cc1cc(Cl)ccc1-c1nc(-c2cccc(N)c2)no1. The first-order valence-corrected chi connectivity index (χ1v) is 6.47. The van der Waals surface area contributed by atoms with Crippen LogP contribution in [0.3, 0.4) is 0 Å². The molecule has 1 aromatic heterocycles. The van der Waals surface area contributed by atoms with Crippen LogP contribution in [0.25, 0.3) is 22.8 Å². The maximum Gasteiger partial charge on any atom is 0.258 e. The molecule has 0 saturated carbocycles. The summed E-state index contributed by atoms with van der Waals surface area (Å²) in [6.07, 6.45) is 0. The Labute approximate surface area is 121 Å². The topological polar surface area (TPSA) is 64.9 Å². The molecule has 3 aromatic rings. The number of nitrogens with two attached hydrogens (primary N) is 1. The highest BCUT2D eigenvalue weighted by Gasteiger charge is 2.12. The Morgan fingerprint density at radius 3 is 2.75 bits per heavy atom. The van der Waals surface area contributed by atoms with Crippen molar-refractivity contribution >= 4 is 17.3 Å². The maximum absolute atomic E-state index is 5.94. The van der Waals surface area contributed by atoms with E-state index in [0.717, 1.165) is 16.7 Å². The van der Waals surface area contributed by atoms with Crippen molar-refractivity contribution in [2.24, 2.45) is 0 Å². The van der Waals surface area contributed by atoms with E-state index in [0.29, 0.717) is 22.4 Å². The summed E-state index contributed by atoms with van der Waals surface area (Å²) in [4.78, 5) is 4.41. The summed E-state index contributed by atoms with van der Waals surface area (Å²) in [6, 6.07) is 12.9. The van der Waals surface area contributed by atoms with Crippen LogP contribution in [0.15, 0.2) is 47.0 Å². The monoisotopic (exact) mass is 285 g/mol. The highest BCUT2D eigenvalue weighted by atomic mass is 35.5. The van der Waals surface area contributed by atoms with Gasteiger partial charge in [-0.2, -0.15) is 4.98 Å². The quantitative estimate of drug-likeness (QED) is 0.724. The summed E-state index contributed by atoms with van der Waals surface area (Å²) in [6.45, 7) is 1.95. The highest BCUT2D eigenvalue weighted by molar-refractivity contribution is 6.30. The van der Waals surface area contributed by atoms with Crippen molar-refractivity contribution in [1.82, 2.24) is 10.1 Å². The summed E-state index contributed by atoms with van der Waals surface area (Å²) in [5.41, 5.74) is 9.10. The van der Waals surface area contributed by atoms with Crippen molar-refractivity contribution in [3.05, 3.63) is 53.1 Å². The van der Waals surface area contributed by atoms with E-state index < -0.39 is 0 Å². The second kappa shape index (κ2) is 4.98. The molecule has 3 rings (SSSR count). The number of aryl methyl sites for hydroxylation is 1. The normalized spacial score (nSPS) is 10.7. The van der Waals surface area contributed by atoms with Gasteiger partial charge in [0, 0.05) is 21.8 Å². The number of anilines is 1. The van der Waals surface area contributed by atoms with Gasteiger partial charge in [-0.1, -0.05) is 28.9 Å². The maximum atomic E-state index is 5.94. The van der Waals surface area contributed by atoms with E-state index in [2.05, 4.69) is 10.1 Å². The fraction of sp³-hybridized carbons (Fsp3) is 0.0667. The lowest BCUT2D eigenvalue weighted by Crippen LogP contribution is -1.87. The van der Waals surface area contributed by atoms with Gasteiger partial charge in [0.1, 0.15) is 0 Å². The van der Waals surface area contributed by atoms with Crippen LogP contribution in [0, 0.1) is 6.92 Å². The third-order valence-electron chi connectivity index (χ3n) is 2.99. The average molecular weight is 286 g/mol. The Hall–Kier alpha value is -2.33. The van der Waals surface area contributed by atoms with E-state index in [4.69, 9.17) is 21.9 Å². The third kappa shape index (κ3) is 2.38. The molecule has 0 bridgehead atoms. The molecular formula is C15H12ClN3O. The predicted octanol–water partition coefficient (Wildman–Crippen LogP) is 3.95. The van der Waals surface area contributed by atoms with E-state index in [1.807, 2.05) is 43.3 Å². The number of rotatable bonds is 2. The van der Waals surface area contributed by atoms with Gasteiger partial charge in [-0.25, -0.2) is 0 Å². The molecule has 2 aromatic carbocycles. The molecule has 0 atom stereocenters. The van der Waals surface area contributed by atoms with Crippen LogP contribution in [0.2, 0.25) is 5.02 Å². The van der Waals surface area contributed by atoms with Crippen molar-refractivity contribution in [2.45, 2.75) is 6.92 Å². The van der Waals surface area contributed by atoms with Gasteiger partial charge >= 0.3 is 0 Å². The van der Waals surface area contributed by atoms with Gasteiger partial charge in [-0.15, -0.1) is 0 Å². The second-order valence-corrected chi connectivity index (χ2v) is 4.94. The number of benzene rings is 2. The number of aromatic nitrogens is 2. The van der Waals surface area contributed by atoms with Crippen LogP contribution in [0.1, 0.15) is 5.56 Å². The zero-order chi connectivity index (χ0) is 14.1. The zero-order valence-electron chi connectivity index (χ0n) is 10.8. The molecule has 0 saturated heterocycles. The van der Waals surface area contributed by atoms with E-state index in [-0.39, 0.29) is 0 Å². The van der Waals surface area contributed by atoms with Gasteiger partial charge in [-0.3, -0.25) is 0 Å². The Kier molecular flexibility index (Phi) is 3.16. The largest absolute Gasteiger partial charge is 0.399 e. The molecule has 0 aliphatic heterocycles. The molecule has 1 heterocycles. The standard InChI is InChI=1S/C15H12ClN3O/c1-9-7-11(16)5-6-13(9)15-18-14(19-20-15)10-3-2-4-12(17)8-10/h2-8H,17H2,1H3. The van der Waals surface area contributed by atoms with Gasteiger partial charge < -0.3 is 10.3 Å². The predicted molar refractivity (Wildman–Crippen MR) is 79.3 cm³/mol. The van der Waals surface area contributed by atoms with Crippen molar-refractivity contribution in [3.63, 3.8) is 0 Å². The average Bonchev–Trinajstić information content (AvgIpc) is 2.88. The third-order valence-corrected chi connectivity index (χ3v) is 3.22. The highest BCUT2D eigenvalue weighted by Crippen LogP contribution is 2.27. The molecule has 0 unspecified atom stereocenters. The van der Waals surface area contributed by atoms with Crippen molar-refractivity contribution in [1.29, 1.82) is 0 Å². The summed E-state index contributed by atoms with van der Waals surface area (Å²) < 4.78 is 5.32. The minimum atomic E-state index is 0.469. The lowest BCUT2D eigenvalue weighted by molar-refractivity contribution is 0.432. The molecule has 0 spiro atoms. The summed E-state index contributed by atoms with van der Waals surface area (Å²) >= 11 is 5.94. The van der Waals surface area contributed by atoms with Crippen LogP contribution < -0.4 is 5.73 Å². The minimum Gasteiger partial charge on any atom is -0.399 e. The fourth-order valence-electron chi connectivity index (χ4n) is 1.99. The Morgan fingerprint density at radius 1 is 1.15 bits per heavy atom. The number of nitrogen functional groups attached to an aromatic ring is 1. The molecule has 5 heteroatoms.